The molecule has 0 aromatic heterocycles. The fraction of sp³-hybridized carbons (Fsp3) is 0.375. The predicted molar refractivity (Wildman–Crippen MR) is 123 cm³/mol. The number of benzene rings is 2. The van der Waals surface area contributed by atoms with Gasteiger partial charge in [-0.1, -0.05) is 44.4 Å². The van der Waals surface area contributed by atoms with Crippen molar-refractivity contribution in [2.24, 2.45) is 0 Å². The Kier molecular flexibility index (Phi) is 12.3. The summed E-state index contributed by atoms with van der Waals surface area (Å²) in [5.74, 6) is 0.775. The lowest BCUT2D eigenvalue weighted by Gasteiger charge is -2.07. The van der Waals surface area contributed by atoms with Crippen molar-refractivity contribution in [2.75, 3.05) is 24.7 Å². The van der Waals surface area contributed by atoms with Crippen LogP contribution in [-0.4, -0.2) is 24.3 Å². The van der Waals surface area contributed by atoms with Gasteiger partial charge < -0.3 is 26.0 Å². The zero-order valence-electron chi connectivity index (χ0n) is 17.8. The first-order valence-electron chi connectivity index (χ1n) is 10.2. The van der Waals surface area contributed by atoms with Gasteiger partial charge >= 0.3 is 5.97 Å². The minimum atomic E-state index is -0.935. The van der Waals surface area contributed by atoms with E-state index in [0.717, 1.165) is 48.9 Å². The van der Waals surface area contributed by atoms with Crippen LogP contribution in [0.15, 0.2) is 60.7 Å². The number of nitrogens with two attached hydrogens (primary N) is 2. The van der Waals surface area contributed by atoms with Crippen molar-refractivity contribution in [3.05, 3.63) is 60.7 Å². The summed E-state index contributed by atoms with van der Waals surface area (Å²) in [4.78, 5) is 9.60. The van der Waals surface area contributed by atoms with Gasteiger partial charge in [0.1, 0.15) is 11.5 Å². The van der Waals surface area contributed by atoms with E-state index in [1.54, 1.807) is 0 Å². The summed E-state index contributed by atoms with van der Waals surface area (Å²) in [7, 11) is 0. The van der Waals surface area contributed by atoms with Gasteiger partial charge in [0, 0.05) is 29.1 Å². The third-order valence-corrected chi connectivity index (χ3v) is 4.16. The summed E-state index contributed by atoms with van der Waals surface area (Å²) >= 11 is 0. The largest absolute Gasteiger partial charge is 0.494 e. The standard InChI is InChI=1S/C20H28N2O2.C4H6O2/c21-17-9-7-11-19(15-17)23-13-5-3-1-2-4-6-14-24-20-12-8-10-18(22)16-20;1-3(2)4(5)6/h7-12,15-16H,1-6,13-14,21-22H2;1H2,2H3,(H,5,6). The number of carbonyl (C=O) groups is 1. The van der Waals surface area contributed by atoms with E-state index >= 15 is 0 Å². The summed E-state index contributed by atoms with van der Waals surface area (Å²) in [6.07, 6.45) is 7.01. The number of aliphatic carboxylic acids is 1. The Bertz CT molecular complexity index is 712. The molecule has 0 aliphatic heterocycles. The van der Waals surface area contributed by atoms with Crippen molar-refractivity contribution >= 4 is 17.3 Å². The van der Waals surface area contributed by atoms with E-state index in [2.05, 4.69) is 6.58 Å². The Labute approximate surface area is 179 Å². The first kappa shape index (κ1) is 24.9. The van der Waals surface area contributed by atoms with Gasteiger partial charge in [0.25, 0.3) is 0 Å². The molecule has 6 nitrogen and oxygen atoms in total. The molecule has 2 aromatic carbocycles. The van der Waals surface area contributed by atoms with Crippen molar-refractivity contribution in [2.45, 2.75) is 45.4 Å². The van der Waals surface area contributed by atoms with Crippen LogP contribution in [0, 0.1) is 0 Å². The molecule has 0 amide bonds. The van der Waals surface area contributed by atoms with E-state index in [1.165, 1.54) is 32.6 Å². The molecule has 0 radical (unpaired) electrons. The van der Waals surface area contributed by atoms with E-state index in [9.17, 15) is 4.79 Å². The second-order valence-electron chi connectivity index (χ2n) is 7.05. The number of ether oxygens (including phenoxy) is 2. The van der Waals surface area contributed by atoms with Gasteiger partial charge in [0.15, 0.2) is 0 Å². The summed E-state index contributed by atoms with van der Waals surface area (Å²) in [5.41, 5.74) is 13.1. The molecule has 0 bridgehead atoms. The molecule has 0 spiro atoms. The normalized spacial score (nSPS) is 9.90. The van der Waals surface area contributed by atoms with Crippen molar-refractivity contribution in [3.8, 4) is 11.5 Å². The van der Waals surface area contributed by atoms with Crippen LogP contribution in [-0.2, 0) is 4.79 Å². The summed E-state index contributed by atoms with van der Waals surface area (Å²) < 4.78 is 11.4. The number of nitrogen functional groups attached to an aromatic ring is 2. The lowest BCUT2D eigenvalue weighted by atomic mass is 10.1. The first-order valence-corrected chi connectivity index (χ1v) is 10.2. The first-order chi connectivity index (χ1) is 14.4. The van der Waals surface area contributed by atoms with Gasteiger partial charge in [-0.2, -0.15) is 0 Å². The molecule has 0 heterocycles. The zero-order valence-corrected chi connectivity index (χ0v) is 17.8. The second kappa shape index (κ2) is 14.8. The van der Waals surface area contributed by atoms with Crippen LogP contribution in [0.25, 0.3) is 0 Å². The molecule has 2 aromatic rings. The van der Waals surface area contributed by atoms with Crippen LogP contribution < -0.4 is 20.9 Å². The third kappa shape index (κ3) is 12.3. The minimum absolute atomic E-state index is 0.176. The van der Waals surface area contributed by atoms with Crippen LogP contribution in [0.2, 0.25) is 0 Å². The molecule has 0 atom stereocenters. The zero-order chi connectivity index (χ0) is 22.2. The number of carboxylic acids is 1. The van der Waals surface area contributed by atoms with Gasteiger partial charge in [0.2, 0.25) is 0 Å². The molecule has 2 rings (SSSR count). The Hall–Kier alpha value is -3.15. The summed E-state index contributed by atoms with van der Waals surface area (Å²) in [6, 6.07) is 15.2. The Balaban J connectivity index is 0.000000656. The highest BCUT2D eigenvalue weighted by molar-refractivity contribution is 5.84. The average Bonchev–Trinajstić information content (AvgIpc) is 2.70. The van der Waals surface area contributed by atoms with Crippen molar-refractivity contribution in [1.29, 1.82) is 0 Å². The molecule has 5 N–H and O–H groups in total. The van der Waals surface area contributed by atoms with Crippen LogP contribution >= 0.6 is 0 Å². The molecule has 0 aliphatic rings. The Morgan fingerprint density at radius 3 is 1.53 bits per heavy atom. The SMILES string of the molecule is C=C(C)C(=O)O.Nc1cccc(OCCCCCCCCOc2cccc(N)c2)c1. The van der Waals surface area contributed by atoms with E-state index in [0.29, 0.717) is 0 Å². The molecule has 0 fully saturated rings. The molecular weight excluding hydrogens is 380 g/mol. The van der Waals surface area contributed by atoms with Crippen LogP contribution in [0.4, 0.5) is 11.4 Å². The monoisotopic (exact) mass is 414 g/mol. The highest BCUT2D eigenvalue weighted by atomic mass is 16.5. The number of hydrogen-bond acceptors (Lipinski definition) is 5. The topological polar surface area (TPSA) is 108 Å². The lowest BCUT2D eigenvalue weighted by Crippen LogP contribution is -1.99. The molecule has 0 saturated heterocycles. The van der Waals surface area contributed by atoms with Gasteiger partial charge in [0.05, 0.1) is 13.2 Å². The van der Waals surface area contributed by atoms with E-state index in [4.69, 9.17) is 26.0 Å². The Morgan fingerprint density at radius 2 is 1.20 bits per heavy atom. The fourth-order valence-corrected chi connectivity index (χ4v) is 2.50. The molecule has 0 unspecified atom stereocenters. The number of hydrogen-bond donors (Lipinski definition) is 3. The molecule has 0 saturated carbocycles. The third-order valence-electron chi connectivity index (χ3n) is 4.16. The van der Waals surface area contributed by atoms with Gasteiger partial charge in [-0.05, 0) is 44.0 Å². The molecular formula is C24H34N2O4. The summed E-state index contributed by atoms with van der Waals surface area (Å²) in [5, 5.41) is 7.89. The maximum absolute atomic E-state index is 9.60. The van der Waals surface area contributed by atoms with Crippen LogP contribution in [0.5, 0.6) is 11.5 Å². The van der Waals surface area contributed by atoms with Crippen LogP contribution in [0.1, 0.15) is 45.4 Å². The van der Waals surface area contributed by atoms with Gasteiger partial charge in [-0.3, -0.25) is 0 Å². The van der Waals surface area contributed by atoms with E-state index in [-0.39, 0.29) is 5.57 Å². The lowest BCUT2D eigenvalue weighted by molar-refractivity contribution is -0.132. The highest BCUT2D eigenvalue weighted by Gasteiger charge is 1.97. The maximum Gasteiger partial charge on any atom is 0.330 e. The van der Waals surface area contributed by atoms with E-state index < -0.39 is 5.97 Å². The van der Waals surface area contributed by atoms with Crippen molar-refractivity contribution in [3.63, 3.8) is 0 Å². The van der Waals surface area contributed by atoms with E-state index in [1.807, 2.05) is 48.5 Å². The number of anilines is 2. The number of rotatable bonds is 12. The molecule has 30 heavy (non-hydrogen) atoms. The van der Waals surface area contributed by atoms with Crippen molar-refractivity contribution < 1.29 is 19.4 Å². The molecule has 0 aliphatic carbocycles. The molecule has 164 valence electrons. The quantitative estimate of drug-likeness (QED) is 0.247. The Morgan fingerprint density at radius 1 is 0.833 bits per heavy atom. The summed E-state index contributed by atoms with van der Waals surface area (Å²) in [6.45, 7) is 6.11. The average molecular weight is 415 g/mol. The number of carboxylic acid groups (broad SMARTS) is 1. The fourth-order valence-electron chi connectivity index (χ4n) is 2.50. The van der Waals surface area contributed by atoms with Gasteiger partial charge in [-0.25, -0.2) is 4.79 Å². The van der Waals surface area contributed by atoms with Crippen molar-refractivity contribution in [1.82, 2.24) is 0 Å². The number of unbranched alkanes of at least 4 members (excludes halogenated alkanes) is 5. The maximum atomic E-state index is 9.60. The minimum Gasteiger partial charge on any atom is -0.494 e. The van der Waals surface area contributed by atoms with Gasteiger partial charge in [-0.15, -0.1) is 0 Å². The van der Waals surface area contributed by atoms with Crippen LogP contribution in [0.3, 0.4) is 0 Å². The highest BCUT2D eigenvalue weighted by Crippen LogP contribution is 2.16. The predicted octanol–water partition coefficient (Wildman–Crippen LogP) is 5.30. The second-order valence-corrected chi connectivity index (χ2v) is 7.05. The molecule has 6 heteroatoms. The smallest absolute Gasteiger partial charge is 0.330 e.